The summed E-state index contributed by atoms with van der Waals surface area (Å²) in [6.45, 7) is 6.90. The lowest BCUT2D eigenvalue weighted by Gasteiger charge is -2.44. The smallest absolute Gasteiger partial charge is 0.145 e. The minimum atomic E-state index is -0.249. The summed E-state index contributed by atoms with van der Waals surface area (Å²) in [7, 11) is 0. The van der Waals surface area contributed by atoms with Crippen molar-refractivity contribution >= 4 is 12.1 Å². The van der Waals surface area contributed by atoms with Gasteiger partial charge in [-0.1, -0.05) is 75.5 Å². The Morgan fingerprint density at radius 1 is 1.14 bits per heavy atom. The molecule has 0 aromatic rings. The minimum absolute atomic E-state index is 0.191. The third kappa shape index (κ3) is 5.57. The van der Waals surface area contributed by atoms with Gasteiger partial charge in [0.05, 0.1) is 0 Å². The lowest BCUT2D eigenvalue weighted by molar-refractivity contribution is 0.135. The highest BCUT2D eigenvalue weighted by molar-refractivity contribution is 5.96. The quantitative estimate of drug-likeness (QED) is 0.176. The second kappa shape index (κ2) is 11.0. The topological polar surface area (TPSA) is 48.2 Å². The van der Waals surface area contributed by atoms with Crippen molar-refractivity contribution in [2.45, 2.75) is 59.0 Å². The summed E-state index contributed by atoms with van der Waals surface area (Å²) in [5.74, 6) is 4.37. The molecule has 2 N–H and O–H groups in total. The summed E-state index contributed by atoms with van der Waals surface area (Å²) in [4.78, 5) is 5.05. The van der Waals surface area contributed by atoms with E-state index in [0.29, 0.717) is 35.4 Å². The summed E-state index contributed by atoms with van der Waals surface area (Å²) < 4.78 is 0. The first-order chi connectivity index (χ1) is 17.5. The number of amidine groups is 1. The zero-order chi connectivity index (χ0) is 25.1. The Hall–Kier alpha value is -2.90. The van der Waals surface area contributed by atoms with Crippen LogP contribution in [0.1, 0.15) is 52.9 Å². The summed E-state index contributed by atoms with van der Waals surface area (Å²) in [5.41, 5.74) is 7.18. The van der Waals surface area contributed by atoms with Crippen LogP contribution in [-0.4, -0.2) is 18.2 Å². The molecule has 1 saturated carbocycles. The van der Waals surface area contributed by atoms with Gasteiger partial charge in [-0.2, -0.15) is 0 Å². The molecule has 0 radical (unpaired) electrons. The summed E-state index contributed by atoms with van der Waals surface area (Å²) in [6, 6.07) is 0. The summed E-state index contributed by atoms with van der Waals surface area (Å²) in [5, 5.41) is 12.1. The Morgan fingerprint density at radius 2 is 2.03 bits per heavy atom. The van der Waals surface area contributed by atoms with Gasteiger partial charge in [-0.3, -0.25) is 10.4 Å². The van der Waals surface area contributed by atoms with Crippen LogP contribution in [0.2, 0.25) is 0 Å². The van der Waals surface area contributed by atoms with Crippen molar-refractivity contribution in [3.05, 3.63) is 89.3 Å². The van der Waals surface area contributed by atoms with E-state index < -0.39 is 0 Å². The van der Waals surface area contributed by atoms with Gasteiger partial charge in [0, 0.05) is 12.1 Å². The Labute approximate surface area is 217 Å². The SMILES string of the molecule is C[C@@H]1C=C(C(N=CC2C=C=CC(C3C4C=C[C@@H](C)CC3C4)=C[C@H]2C)NC(=N)C2=CC=CCC2)C=CC1. The first-order valence-corrected chi connectivity index (χ1v) is 13.9. The second-order valence-electron chi connectivity index (χ2n) is 11.5. The number of nitrogens with one attached hydrogen (secondary N) is 2. The highest BCUT2D eigenvalue weighted by atomic mass is 15.1. The Bertz CT molecular complexity index is 1130. The van der Waals surface area contributed by atoms with E-state index in [-0.39, 0.29) is 12.1 Å². The summed E-state index contributed by atoms with van der Waals surface area (Å²) >= 11 is 0. The largest absolute Gasteiger partial charge is 0.345 e. The van der Waals surface area contributed by atoms with Crippen LogP contribution in [0.4, 0.5) is 0 Å². The van der Waals surface area contributed by atoms with E-state index >= 15 is 0 Å². The number of hydrogen-bond acceptors (Lipinski definition) is 2. The first-order valence-electron chi connectivity index (χ1n) is 13.9. The van der Waals surface area contributed by atoms with E-state index in [0.717, 1.165) is 36.3 Å². The molecule has 3 nitrogen and oxygen atoms in total. The van der Waals surface area contributed by atoms with Gasteiger partial charge in [0.25, 0.3) is 0 Å². The van der Waals surface area contributed by atoms with Gasteiger partial charge in [-0.25, -0.2) is 0 Å². The fourth-order valence-electron chi connectivity index (χ4n) is 6.39. The van der Waals surface area contributed by atoms with Crippen LogP contribution in [0.5, 0.6) is 0 Å². The molecule has 5 unspecified atom stereocenters. The van der Waals surface area contributed by atoms with Gasteiger partial charge >= 0.3 is 0 Å². The van der Waals surface area contributed by atoms with E-state index in [9.17, 15) is 0 Å². The van der Waals surface area contributed by atoms with Crippen LogP contribution in [0.15, 0.2) is 94.3 Å². The molecule has 0 amide bonds. The van der Waals surface area contributed by atoms with Crippen LogP contribution < -0.4 is 5.32 Å². The average Bonchev–Trinajstić information content (AvgIpc) is 3.24. The average molecular weight is 480 g/mol. The second-order valence-corrected chi connectivity index (χ2v) is 11.5. The lowest BCUT2D eigenvalue weighted by atomic mass is 9.60. The maximum atomic E-state index is 8.70. The number of fused-ring (bicyclic) bond motifs is 2. The van der Waals surface area contributed by atoms with Crippen molar-refractivity contribution in [2.24, 2.45) is 46.4 Å². The fraction of sp³-hybridized carbons (Fsp3) is 0.485. The Balaban J connectivity index is 1.33. The minimum Gasteiger partial charge on any atom is -0.345 e. The molecule has 188 valence electrons. The van der Waals surface area contributed by atoms with Crippen LogP contribution >= 0.6 is 0 Å². The van der Waals surface area contributed by atoms with Crippen molar-refractivity contribution in [3.8, 4) is 0 Å². The number of hydrogen-bond donors (Lipinski definition) is 2. The van der Waals surface area contributed by atoms with E-state index in [1.54, 1.807) is 0 Å². The zero-order valence-corrected chi connectivity index (χ0v) is 22.0. The third-order valence-corrected chi connectivity index (χ3v) is 8.53. The van der Waals surface area contributed by atoms with E-state index in [1.165, 1.54) is 18.4 Å². The van der Waals surface area contributed by atoms with Gasteiger partial charge in [-0.15, -0.1) is 5.73 Å². The van der Waals surface area contributed by atoms with Crippen molar-refractivity contribution in [2.75, 3.05) is 0 Å². The molecule has 1 fully saturated rings. The van der Waals surface area contributed by atoms with E-state index in [4.69, 9.17) is 10.4 Å². The zero-order valence-electron chi connectivity index (χ0n) is 22.0. The third-order valence-electron chi connectivity index (χ3n) is 8.53. The Kier molecular flexibility index (Phi) is 7.58. The normalized spacial score (nSPS) is 35.9. The van der Waals surface area contributed by atoms with Gasteiger partial charge < -0.3 is 5.32 Å². The predicted molar refractivity (Wildman–Crippen MR) is 152 cm³/mol. The standard InChI is InChI=1S/C33H41N3/c1-22-9-7-13-28(17-22)33(36-32(34)25-10-5-4-6-11-25)35-21-29-14-8-12-26(19-24(29)3)31-27-16-15-23(2)18-30(31)20-27/h4-5,7,10,12-17,19,21-24,27,29-31,33H,6,9,11,18,20H2,1-3H3,(H2,34,36)/t22-,23+,24+,27?,29?,30?,31?,33?/m0/s1. The van der Waals surface area contributed by atoms with Crippen molar-refractivity contribution in [1.82, 2.24) is 5.32 Å². The number of aliphatic imine (C=N–C) groups is 1. The molecule has 0 aromatic carbocycles. The maximum Gasteiger partial charge on any atom is 0.145 e. The Morgan fingerprint density at radius 3 is 2.83 bits per heavy atom. The number of nitrogens with zero attached hydrogens (tertiary/aromatic N) is 1. The van der Waals surface area contributed by atoms with E-state index in [2.05, 4.69) is 105 Å². The molecule has 0 aliphatic heterocycles. The summed E-state index contributed by atoms with van der Waals surface area (Å²) in [6.07, 6.45) is 32.2. The van der Waals surface area contributed by atoms with Crippen LogP contribution in [0.25, 0.3) is 0 Å². The number of allylic oxidation sites excluding steroid dienone is 10. The molecule has 5 rings (SSSR count). The molecule has 0 heterocycles. The molecule has 3 heteroatoms. The van der Waals surface area contributed by atoms with Crippen LogP contribution in [0, 0.1) is 46.8 Å². The molecular formula is C33H41N3. The van der Waals surface area contributed by atoms with Gasteiger partial charge in [0.1, 0.15) is 12.0 Å². The molecule has 5 aliphatic carbocycles. The molecule has 5 aliphatic rings. The monoisotopic (exact) mass is 479 g/mol. The fourth-order valence-corrected chi connectivity index (χ4v) is 6.39. The molecule has 0 aromatic heterocycles. The van der Waals surface area contributed by atoms with Gasteiger partial charge in [-0.05, 0) is 96.5 Å². The van der Waals surface area contributed by atoms with Crippen LogP contribution in [0.3, 0.4) is 0 Å². The molecule has 36 heavy (non-hydrogen) atoms. The molecule has 8 atom stereocenters. The first kappa shape index (κ1) is 24.8. The molecule has 0 spiro atoms. The van der Waals surface area contributed by atoms with Crippen molar-refractivity contribution < 1.29 is 0 Å². The van der Waals surface area contributed by atoms with Gasteiger partial charge in [0.15, 0.2) is 0 Å². The highest BCUT2D eigenvalue weighted by Crippen LogP contribution is 2.51. The number of rotatable bonds is 6. The maximum absolute atomic E-state index is 8.70. The molecule has 2 bridgehead atoms. The van der Waals surface area contributed by atoms with E-state index in [1.807, 2.05) is 0 Å². The van der Waals surface area contributed by atoms with Crippen LogP contribution in [-0.2, 0) is 0 Å². The lowest BCUT2D eigenvalue weighted by Crippen LogP contribution is -2.36. The molecular weight excluding hydrogens is 438 g/mol. The van der Waals surface area contributed by atoms with Crippen molar-refractivity contribution in [1.29, 1.82) is 5.41 Å². The van der Waals surface area contributed by atoms with Gasteiger partial charge in [0.2, 0.25) is 0 Å². The highest BCUT2D eigenvalue weighted by Gasteiger charge is 2.43. The molecule has 0 saturated heterocycles. The predicted octanol–water partition coefficient (Wildman–Crippen LogP) is 7.50. The van der Waals surface area contributed by atoms with Crippen molar-refractivity contribution in [3.63, 3.8) is 0 Å².